The molecule has 0 heterocycles. The van der Waals surface area contributed by atoms with E-state index >= 15 is 0 Å². The molecule has 0 spiro atoms. The highest BCUT2D eigenvalue weighted by atomic mass is 35.5. The zero-order chi connectivity index (χ0) is 12.3. The van der Waals surface area contributed by atoms with Gasteiger partial charge in [0.25, 0.3) is 0 Å². The van der Waals surface area contributed by atoms with Crippen LogP contribution in [0, 0.1) is 0 Å². The van der Waals surface area contributed by atoms with E-state index < -0.39 is 0 Å². The van der Waals surface area contributed by atoms with Crippen molar-refractivity contribution in [2.24, 2.45) is 0 Å². The number of anilines is 1. The van der Waals surface area contributed by atoms with Gasteiger partial charge in [-0.1, -0.05) is 23.4 Å². The van der Waals surface area contributed by atoms with E-state index in [0.717, 1.165) is 21.2 Å². The lowest BCUT2D eigenvalue weighted by atomic mass is 10.3. The van der Waals surface area contributed by atoms with Crippen LogP contribution >= 0.6 is 23.4 Å². The van der Waals surface area contributed by atoms with E-state index in [9.17, 15) is 0 Å². The normalized spacial score (nSPS) is 10.2. The molecule has 0 amide bonds. The fourth-order valence-electron chi connectivity index (χ4n) is 1.39. The van der Waals surface area contributed by atoms with Crippen LogP contribution in [0.2, 0.25) is 5.02 Å². The van der Waals surface area contributed by atoms with Crippen molar-refractivity contribution in [3.8, 4) is 5.75 Å². The lowest BCUT2D eigenvalue weighted by Gasteiger charge is -2.08. The maximum atomic E-state index is 5.98. The number of hydrogen-bond acceptors (Lipinski definition) is 3. The van der Waals surface area contributed by atoms with E-state index in [0.29, 0.717) is 5.02 Å². The number of ether oxygens (including phenoxy) is 1. The average molecular weight is 266 g/mol. The van der Waals surface area contributed by atoms with Gasteiger partial charge in [0.1, 0.15) is 5.75 Å². The van der Waals surface area contributed by atoms with Crippen molar-refractivity contribution in [3.05, 3.63) is 47.5 Å². The molecule has 17 heavy (non-hydrogen) atoms. The number of nitrogen functional groups attached to an aromatic ring is 1. The lowest BCUT2D eigenvalue weighted by molar-refractivity contribution is 0.405. The first-order valence-corrected chi connectivity index (χ1v) is 6.25. The van der Waals surface area contributed by atoms with Gasteiger partial charge in [0, 0.05) is 15.6 Å². The first-order valence-electron chi connectivity index (χ1n) is 5.06. The highest BCUT2D eigenvalue weighted by molar-refractivity contribution is 7.99. The van der Waals surface area contributed by atoms with Crippen LogP contribution in [0.25, 0.3) is 0 Å². The molecule has 0 aromatic heterocycles. The Kier molecular flexibility index (Phi) is 3.82. The summed E-state index contributed by atoms with van der Waals surface area (Å²) in [5.74, 6) is 0.816. The first-order chi connectivity index (χ1) is 8.19. The van der Waals surface area contributed by atoms with E-state index in [2.05, 4.69) is 0 Å². The number of benzene rings is 2. The number of rotatable bonds is 3. The third kappa shape index (κ3) is 3.08. The molecule has 2 nitrogen and oxygen atoms in total. The Bertz CT molecular complexity index is 513. The van der Waals surface area contributed by atoms with Gasteiger partial charge < -0.3 is 10.5 Å². The Morgan fingerprint density at radius 2 is 1.82 bits per heavy atom. The predicted molar refractivity (Wildman–Crippen MR) is 73.0 cm³/mol. The molecule has 2 rings (SSSR count). The highest BCUT2D eigenvalue weighted by Crippen LogP contribution is 2.36. The van der Waals surface area contributed by atoms with Gasteiger partial charge >= 0.3 is 0 Å². The largest absolute Gasteiger partial charge is 0.496 e. The maximum Gasteiger partial charge on any atom is 0.132 e. The van der Waals surface area contributed by atoms with Crippen molar-refractivity contribution in [2.75, 3.05) is 12.8 Å². The second kappa shape index (κ2) is 5.34. The molecule has 88 valence electrons. The Hall–Kier alpha value is -1.32. The van der Waals surface area contributed by atoms with Crippen molar-refractivity contribution in [3.63, 3.8) is 0 Å². The standard InChI is InChI=1S/C13H12ClNOS/c1-16-12-7-2-9(14)8-13(12)17-11-5-3-10(15)4-6-11/h2-8H,15H2,1H3. The monoisotopic (exact) mass is 265 g/mol. The molecule has 0 unspecified atom stereocenters. The van der Waals surface area contributed by atoms with Crippen molar-refractivity contribution in [2.45, 2.75) is 9.79 Å². The SMILES string of the molecule is COc1ccc(Cl)cc1Sc1ccc(N)cc1. The summed E-state index contributed by atoms with van der Waals surface area (Å²) in [5, 5.41) is 0.698. The quantitative estimate of drug-likeness (QED) is 0.850. The molecule has 2 N–H and O–H groups in total. The van der Waals surface area contributed by atoms with Crippen LogP contribution in [-0.2, 0) is 0 Å². The van der Waals surface area contributed by atoms with Crippen LogP contribution in [-0.4, -0.2) is 7.11 Å². The van der Waals surface area contributed by atoms with Crippen molar-refractivity contribution in [1.29, 1.82) is 0 Å². The van der Waals surface area contributed by atoms with Crippen LogP contribution in [0.5, 0.6) is 5.75 Å². The minimum absolute atomic E-state index is 0.698. The van der Waals surface area contributed by atoms with Crippen LogP contribution in [0.15, 0.2) is 52.3 Å². The molecule has 0 radical (unpaired) electrons. The molecular formula is C13H12ClNOS. The fraction of sp³-hybridized carbons (Fsp3) is 0.0769. The Labute approximate surface area is 110 Å². The van der Waals surface area contributed by atoms with Gasteiger partial charge in [-0.05, 0) is 42.5 Å². The summed E-state index contributed by atoms with van der Waals surface area (Å²) >= 11 is 7.57. The molecule has 2 aromatic carbocycles. The smallest absolute Gasteiger partial charge is 0.132 e. The van der Waals surface area contributed by atoms with Crippen LogP contribution in [0.3, 0.4) is 0 Å². The molecule has 0 saturated carbocycles. The van der Waals surface area contributed by atoms with Gasteiger partial charge in [0.2, 0.25) is 0 Å². The van der Waals surface area contributed by atoms with Crippen molar-refractivity contribution < 1.29 is 4.74 Å². The first kappa shape index (κ1) is 12.1. The summed E-state index contributed by atoms with van der Waals surface area (Å²) < 4.78 is 5.29. The Morgan fingerprint density at radius 3 is 2.47 bits per heavy atom. The number of nitrogens with two attached hydrogens (primary N) is 1. The third-order valence-corrected chi connectivity index (χ3v) is 3.52. The molecule has 0 atom stereocenters. The van der Waals surface area contributed by atoms with Crippen LogP contribution in [0.1, 0.15) is 0 Å². The average Bonchev–Trinajstić information content (AvgIpc) is 2.32. The Balaban J connectivity index is 2.28. The predicted octanol–water partition coefficient (Wildman–Crippen LogP) is 4.08. The van der Waals surface area contributed by atoms with E-state index in [1.54, 1.807) is 18.9 Å². The van der Waals surface area contributed by atoms with E-state index in [-0.39, 0.29) is 0 Å². The molecular weight excluding hydrogens is 254 g/mol. The summed E-state index contributed by atoms with van der Waals surface area (Å²) in [7, 11) is 1.65. The Morgan fingerprint density at radius 1 is 1.12 bits per heavy atom. The van der Waals surface area contributed by atoms with Crippen LogP contribution < -0.4 is 10.5 Å². The molecule has 0 aliphatic carbocycles. The number of halogens is 1. The fourth-order valence-corrected chi connectivity index (χ4v) is 2.59. The summed E-state index contributed by atoms with van der Waals surface area (Å²) in [6, 6.07) is 13.3. The molecule has 0 aliphatic heterocycles. The van der Waals surface area contributed by atoms with Crippen molar-refractivity contribution in [1.82, 2.24) is 0 Å². The number of hydrogen-bond donors (Lipinski definition) is 1. The molecule has 4 heteroatoms. The topological polar surface area (TPSA) is 35.2 Å². The van der Waals surface area contributed by atoms with Gasteiger partial charge in [0.15, 0.2) is 0 Å². The van der Waals surface area contributed by atoms with Gasteiger partial charge in [0.05, 0.1) is 12.0 Å². The second-order valence-electron chi connectivity index (χ2n) is 3.47. The van der Waals surface area contributed by atoms with E-state index in [4.69, 9.17) is 22.1 Å². The molecule has 2 aromatic rings. The lowest BCUT2D eigenvalue weighted by Crippen LogP contribution is -1.86. The third-order valence-electron chi connectivity index (χ3n) is 2.23. The summed E-state index contributed by atoms with van der Waals surface area (Å²) in [6.07, 6.45) is 0. The molecule has 0 bridgehead atoms. The van der Waals surface area contributed by atoms with Gasteiger partial charge in [-0.3, -0.25) is 0 Å². The van der Waals surface area contributed by atoms with Gasteiger partial charge in [-0.2, -0.15) is 0 Å². The maximum absolute atomic E-state index is 5.98. The minimum Gasteiger partial charge on any atom is -0.496 e. The van der Waals surface area contributed by atoms with E-state index in [1.165, 1.54) is 0 Å². The molecule has 0 saturated heterocycles. The number of methoxy groups -OCH3 is 1. The highest BCUT2D eigenvalue weighted by Gasteiger charge is 2.05. The van der Waals surface area contributed by atoms with Gasteiger partial charge in [-0.25, -0.2) is 0 Å². The summed E-state index contributed by atoms with van der Waals surface area (Å²) in [6.45, 7) is 0. The zero-order valence-corrected chi connectivity index (χ0v) is 10.9. The molecule has 0 aliphatic rings. The van der Waals surface area contributed by atoms with Crippen molar-refractivity contribution >= 4 is 29.1 Å². The summed E-state index contributed by atoms with van der Waals surface area (Å²) in [4.78, 5) is 2.09. The van der Waals surface area contributed by atoms with Crippen LogP contribution in [0.4, 0.5) is 5.69 Å². The zero-order valence-electron chi connectivity index (χ0n) is 9.31. The minimum atomic E-state index is 0.698. The molecule has 0 fully saturated rings. The van der Waals surface area contributed by atoms with E-state index in [1.807, 2.05) is 42.5 Å². The summed E-state index contributed by atoms with van der Waals surface area (Å²) in [5.41, 5.74) is 6.40. The van der Waals surface area contributed by atoms with Gasteiger partial charge in [-0.15, -0.1) is 0 Å². The second-order valence-corrected chi connectivity index (χ2v) is 5.02.